The highest BCUT2D eigenvalue weighted by atomic mass is 16.3. The highest BCUT2D eigenvalue weighted by molar-refractivity contribution is 5.94. The van der Waals surface area contributed by atoms with Crippen LogP contribution in [0, 0.1) is 0 Å². The van der Waals surface area contributed by atoms with E-state index in [0.29, 0.717) is 17.7 Å². The lowest BCUT2D eigenvalue weighted by molar-refractivity contribution is 0.0963. The van der Waals surface area contributed by atoms with E-state index in [1.165, 1.54) is 6.07 Å². The number of nitrogens with one attached hydrogen (secondary N) is 2. The number of anilines is 1. The van der Waals surface area contributed by atoms with Crippen molar-refractivity contribution in [3.8, 4) is 11.5 Å². The van der Waals surface area contributed by atoms with Crippen LogP contribution in [-0.4, -0.2) is 23.2 Å². The van der Waals surface area contributed by atoms with Crippen molar-refractivity contribution >= 4 is 11.6 Å². The van der Waals surface area contributed by atoms with Gasteiger partial charge >= 0.3 is 0 Å². The molecule has 1 amide bonds. The third-order valence-corrected chi connectivity index (χ3v) is 2.96. The number of phenolic OH excluding ortho intramolecular Hbond substituents is 2. The van der Waals surface area contributed by atoms with Crippen LogP contribution in [0.4, 0.5) is 5.69 Å². The van der Waals surface area contributed by atoms with Crippen LogP contribution in [-0.2, 0) is 6.54 Å². The van der Waals surface area contributed by atoms with Crippen molar-refractivity contribution in [1.29, 1.82) is 0 Å². The molecule has 0 fully saturated rings. The van der Waals surface area contributed by atoms with Crippen LogP contribution in [0.25, 0.3) is 0 Å². The molecule has 0 bridgehead atoms. The van der Waals surface area contributed by atoms with Gasteiger partial charge in [0, 0.05) is 30.4 Å². The fraction of sp³-hybridized carbons (Fsp3) is 0.133. The second kappa shape index (κ2) is 5.97. The standard InChI is InChI=1S/C15H16N2O3/c1-16-15(20)10-5-7-12(8-6-10)17-9-11-3-2-4-13(18)14(11)19/h2-8,17-19H,9H2,1H3,(H,16,20). The number of carbonyl (C=O) groups is 1. The molecular formula is C15H16N2O3. The normalized spacial score (nSPS) is 10.1. The third-order valence-electron chi connectivity index (χ3n) is 2.96. The van der Waals surface area contributed by atoms with Crippen molar-refractivity contribution in [3.05, 3.63) is 53.6 Å². The predicted octanol–water partition coefficient (Wildman–Crippen LogP) is 2.07. The Morgan fingerprint density at radius 2 is 1.80 bits per heavy atom. The van der Waals surface area contributed by atoms with Gasteiger partial charge in [0.1, 0.15) is 0 Å². The molecule has 20 heavy (non-hydrogen) atoms. The number of phenols is 2. The Labute approximate surface area is 116 Å². The SMILES string of the molecule is CNC(=O)c1ccc(NCc2cccc(O)c2O)cc1. The summed E-state index contributed by atoms with van der Waals surface area (Å²) in [6.07, 6.45) is 0. The molecule has 0 unspecified atom stereocenters. The van der Waals surface area contributed by atoms with Crippen molar-refractivity contribution < 1.29 is 15.0 Å². The number of hydrogen-bond acceptors (Lipinski definition) is 4. The van der Waals surface area contributed by atoms with E-state index in [1.807, 2.05) is 0 Å². The number of rotatable bonds is 4. The summed E-state index contributed by atoms with van der Waals surface area (Å²) < 4.78 is 0. The molecule has 0 aliphatic rings. The first-order valence-corrected chi connectivity index (χ1v) is 6.17. The minimum Gasteiger partial charge on any atom is -0.504 e. The summed E-state index contributed by atoms with van der Waals surface area (Å²) in [5, 5.41) is 24.7. The summed E-state index contributed by atoms with van der Waals surface area (Å²) in [5.74, 6) is -0.400. The van der Waals surface area contributed by atoms with E-state index in [2.05, 4.69) is 10.6 Å². The van der Waals surface area contributed by atoms with Gasteiger partial charge < -0.3 is 20.8 Å². The molecule has 0 radical (unpaired) electrons. The predicted molar refractivity (Wildman–Crippen MR) is 76.9 cm³/mol. The van der Waals surface area contributed by atoms with Crippen LogP contribution >= 0.6 is 0 Å². The molecule has 2 aromatic rings. The lowest BCUT2D eigenvalue weighted by Crippen LogP contribution is -2.17. The first kappa shape index (κ1) is 13.7. The fourth-order valence-electron chi connectivity index (χ4n) is 1.80. The minimum absolute atomic E-state index is 0.123. The first-order valence-electron chi connectivity index (χ1n) is 6.17. The Kier molecular flexibility index (Phi) is 4.10. The highest BCUT2D eigenvalue weighted by Gasteiger charge is 2.06. The Bertz CT molecular complexity index is 609. The van der Waals surface area contributed by atoms with Crippen molar-refractivity contribution in [2.75, 3.05) is 12.4 Å². The summed E-state index contributed by atoms with van der Waals surface area (Å²) in [6.45, 7) is 0.375. The third kappa shape index (κ3) is 3.00. The van der Waals surface area contributed by atoms with E-state index in [4.69, 9.17) is 0 Å². The van der Waals surface area contributed by atoms with Gasteiger partial charge in [0.15, 0.2) is 11.5 Å². The Morgan fingerprint density at radius 3 is 2.45 bits per heavy atom. The van der Waals surface area contributed by atoms with Crippen molar-refractivity contribution in [3.63, 3.8) is 0 Å². The maximum Gasteiger partial charge on any atom is 0.251 e. The molecule has 0 heterocycles. The van der Waals surface area contributed by atoms with Crippen molar-refractivity contribution in [2.45, 2.75) is 6.54 Å². The summed E-state index contributed by atoms with van der Waals surface area (Å²) in [5.41, 5.74) is 2.00. The van der Waals surface area contributed by atoms with Gasteiger partial charge in [-0.1, -0.05) is 12.1 Å². The smallest absolute Gasteiger partial charge is 0.251 e. The molecule has 0 aliphatic heterocycles. The van der Waals surface area contributed by atoms with E-state index in [1.54, 1.807) is 43.4 Å². The zero-order valence-corrected chi connectivity index (χ0v) is 11.1. The average Bonchev–Trinajstić information content (AvgIpc) is 2.48. The maximum atomic E-state index is 11.4. The number of amides is 1. The van der Waals surface area contributed by atoms with E-state index < -0.39 is 0 Å². The van der Waals surface area contributed by atoms with Gasteiger partial charge in [-0.25, -0.2) is 0 Å². The van der Waals surface area contributed by atoms with Crippen LogP contribution in [0.5, 0.6) is 11.5 Å². The molecule has 4 N–H and O–H groups in total. The maximum absolute atomic E-state index is 11.4. The molecule has 0 saturated carbocycles. The molecule has 5 heteroatoms. The zero-order valence-electron chi connectivity index (χ0n) is 11.1. The quantitative estimate of drug-likeness (QED) is 0.642. The number of benzene rings is 2. The Balaban J connectivity index is 2.04. The van der Waals surface area contributed by atoms with Gasteiger partial charge in [-0.15, -0.1) is 0 Å². The van der Waals surface area contributed by atoms with E-state index >= 15 is 0 Å². The minimum atomic E-state index is -0.140. The average molecular weight is 272 g/mol. The molecule has 104 valence electrons. The van der Waals surface area contributed by atoms with Gasteiger partial charge in [-0.05, 0) is 30.3 Å². The van der Waals surface area contributed by atoms with Crippen LogP contribution in [0.3, 0.4) is 0 Å². The summed E-state index contributed by atoms with van der Waals surface area (Å²) in [7, 11) is 1.58. The van der Waals surface area contributed by atoms with Gasteiger partial charge in [0.25, 0.3) is 5.91 Å². The second-order valence-electron chi connectivity index (χ2n) is 4.29. The van der Waals surface area contributed by atoms with Crippen LogP contribution < -0.4 is 10.6 Å². The van der Waals surface area contributed by atoms with Crippen LogP contribution in [0.15, 0.2) is 42.5 Å². The Hall–Kier alpha value is -2.69. The topological polar surface area (TPSA) is 81.6 Å². The monoisotopic (exact) mass is 272 g/mol. The lowest BCUT2D eigenvalue weighted by Gasteiger charge is -2.09. The summed E-state index contributed by atoms with van der Waals surface area (Å²) >= 11 is 0. The zero-order chi connectivity index (χ0) is 14.5. The molecular weight excluding hydrogens is 256 g/mol. The van der Waals surface area contributed by atoms with E-state index in [-0.39, 0.29) is 17.4 Å². The summed E-state index contributed by atoms with van der Waals surface area (Å²) in [4.78, 5) is 11.4. The number of hydrogen-bond donors (Lipinski definition) is 4. The van der Waals surface area contributed by atoms with Crippen molar-refractivity contribution in [2.24, 2.45) is 0 Å². The van der Waals surface area contributed by atoms with E-state index in [0.717, 1.165) is 5.69 Å². The second-order valence-corrected chi connectivity index (χ2v) is 4.29. The van der Waals surface area contributed by atoms with E-state index in [9.17, 15) is 15.0 Å². The highest BCUT2D eigenvalue weighted by Crippen LogP contribution is 2.28. The van der Waals surface area contributed by atoms with Crippen LogP contribution in [0.1, 0.15) is 15.9 Å². The number of para-hydroxylation sites is 1. The molecule has 0 atom stereocenters. The van der Waals surface area contributed by atoms with Gasteiger partial charge in [-0.2, -0.15) is 0 Å². The van der Waals surface area contributed by atoms with Crippen LogP contribution in [0.2, 0.25) is 0 Å². The largest absolute Gasteiger partial charge is 0.504 e. The number of carbonyl (C=O) groups excluding carboxylic acids is 1. The summed E-state index contributed by atoms with van der Waals surface area (Å²) in [6, 6.07) is 11.8. The molecule has 0 aliphatic carbocycles. The molecule has 0 saturated heterocycles. The fourth-order valence-corrected chi connectivity index (χ4v) is 1.80. The molecule has 0 aromatic heterocycles. The van der Waals surface area contributed by atoms with Crippen molar-refractivity contribution in [1.82, 2.24) is 5.32 Å². The van der Waals surface area contributed by atoms with Gasteiger partial charge in [-0.3, -0.25) is 4.79 Å². The molecule has 2 rings (SSSR count). The lowest BCUT2D eigenvalue weighted by atomic mass is 10.1. The molecule has 0 spiro atoms. The molecule has 2 aromatic carbocycles. The van der Waals surface area contributed by atoms with Gasteiger partial charge in [0.05, 0.1) is 0 Å². The first-order chi connectivity index (χ1) is 9.61. The Morgan fingerprint density at radius 1 is 1.10 bits per heavy atom. The number of aromatic hydroxyl groups is 2. The van der Waals surface area contributed by atoms with Gasteiger partial charge in [0.2, 0.25) is 0 Å². The molecule has 5 nitrogen and oxygen atoms in total.